The van der Waals surface area contributed by atoms with Crippen LogP contribution in [-0.4, -0.2) is 20.7 Å². The summed E-state index contributed by atoms with van der Waals surface area (Å²) in [5, 5.41) is -0.609. The van der Waals surface area contributed by atoms with E-state index < -0.39 is 18.1 Å². The Balaban J connectivity index is 2.64. The summed E-state index contributed by atoms with van der Waals surface area (Å²) < 4.78 is 38.7. The van der Waals surface area contributed by atoms with Gasteiger partial charge in [0.15, 0.2) is 5.65 Å². The minimum atomic E-state index is -4.33. The maximum Gasteiger partial charge on any atom is 0.406 e. The van der Waals surface area contributed by atoms with Crippen LogP contribution in [0.1, 0.15) is 23.8 Å². The number of hydrogen-bond donors (Lipinski definition) is 0. The molecule has 2 aromatic rings. The van der Waals surface area contributed by atoms with E-state index in [1.54, 1.807) is 26.0 Å². The summed E-state index contributed by atoms with van der Waals surface area (Å²) in [7, 11) is 0. The molecular weight excluding hydrogens is 267 g/mol. The summed E-state index contributed by atoms with van der Waals surface area (Å²) in [6.45, 7) is 2.17. The van der Waals surface area contributed by atoms with Crippen LogP contribution in [0.3, 0.4) is 0 Å². The monoisotopic (exact) mass is 277 g/mol. The Morgan fingerprint density at radius 3 is 2.56 bits per heavy atom. The van der Waals surface area contributed by atoms with Crippen LogP contribution in [0.25, 0.3) is 11.2 Å². The van der Waals surface area contributed by atoms with Crippen molar-refractivity contribution in [2.45, 2.75) is 31.9 Å². The molecule has 0 radical (unpaired) electrons. The van der Waals surface area contributed by atoms with Crippen molar-refractivity contribution in [1.29, 1.82) is 0 Å². The molecule has 1 unspecified atom stereocenters. The molecule has 0 spiro atoms. The molecule has 2 rings (SSSR count). The van der Waals surface area contributed by atoms with E-state index in [0.29, 0.717) is 11.2 Å². The predicted octanol–water partition coefficient (Wildman–Crippen LogP) is 3.60. The van der Waals surface area contributed by atoms with E-state index in [4.69, 9.17) is 11.6 Å². The Hall–Kier alpha value is -1.30. The number of halogens is 4. The van der Waals surface area contributed by atoms with Crippen LogP contribution >= 0.6 is 11.6 Å². The van der Waals surface area contributed by atoms with Gasteiger partial charge in [0.1, 0.15) is 17.9 Å². The zero-order chi connectivity index (χ0) is 13.5. The van der Waals surface area contributed by atoms with E-state index in [-0.39, 0.29) is 11.5 Å². The largest absolute Gasteiger partial charge is 0.406 e. The van der Waals surface area contributed by atoms with Crippen molar-refractivity contribution >= 4 is 22.8 Å². The predicted molar refractivity (Wildman–Crippen MR) is 62.6 cm³/mol. The van der Waals surface area contributed by atoms with E-state index in [9.17, 15) is 13.2 Å². The lowest BCUT2D eigenvalue weighted by Crippen LogP contribution is -2.20. The number of pyridine rings is 1. The highest BCUT2D eigenvalue weighted by Gasteiger charge is 2.31. The van der Waals surface area contributed by atoms with Crippen molar-refractivity contribution in [3.8, 4) is 0 Å². The fourth-order valence-electron chi connectivity index (χ4n) is 1.75. The molecule has 1 atom stereocenters. The second kappa shape index (κ2) is 4.42. The lowest BCUT2D eigenvalue weighted by Gasteiger charge is -2.12. The van der Waals surface area contributed by atoms with Crippen molar-refractivity contribution in [2.75, 3.05) is 0 Å². The molecule has 0 saturated heterocycles. The van der Waals surface area contributed by atoms with Crippen LogP contribution in [0, 0.1) is 6.92 Å². The SMILES string of the molecule is Cc1ccc2nc(C(C)Cl)n(CC(F)(F)F)c2n1. The Kier molecular flexibility index (Phi) is 3.23. The molecule has 0 aliphatic heterocycles. The van der Waals surface area contributed by atoms with Gasteiger partial charge in [-0.1, -0.05) is 0 Å². The summed E-state index contributed by atoms with van der Waals surface area (Å²) in [6.07, 6.45) is -4.33. The Labute approximate surface area is 107 Å². The number of imidazole rings is 1. The van der Waals surface area contributed by atoms with Crippen molar-refractivity contribution in [3.63, 3.8) is 0 Å². The van der Waals surface area contributed by atoms with Gasteiger partial charge in [0.2, 0.25) is 0 Å². The fourth-order valence-corrected chi connectivity index (χ4v) is 1.92. The van der Waals surface area contributed by atoms with Crippen LogP contribution in [0.2, 0.25) is 0 Å². The summed E-state index contributed by atoms with van der Waals surface area (Å²) >= 11 is 5.87. The zero-order valence-electron chi connectivity index (χ0n) is 9.79. The highest BCUT2D eigenvalue weighted by atomic mass is 35.5. The summed E-state index contributed by atoms with van der Waals surface area (Å²) in [6, 6.07) is 3.35. The molecule has 3 nitrogen and oxygen atoms in total. The average Bonchev–Trinajstić information content (AvgIpc) is 2.55. The van der Waals surface area contributed by atoms with Crippen molar-refractivity contribution in [1.82, 2.24) is 14.5 Å². The summed E-state index contributed by atoms with van der Waals surface area (Å²) in [5.74, 6) is 0.182. The molecule has 98 valence electrons. The number of aryl methyl sites for hydroxylation is 1. The third kappa shape index (κ3) is 2.58. The van der Waals surface area contributed by atoms with Gasteiger partial charge in [-0.15, -0.1) is 11.6 Å². The quantitative estimate of drug-likeness (QED) is 0.785. The van der Waals surface area contributed by atoms with Crippen LogP contribution in [0.15, 0.2) is 12.1 Å². The molecule has 0 fully saturated rings. The molecule has 0 saturated carbocycles. The van der Waals surface area contributed by atoms with E-state index in [0.717, 1.165) is 4.57 Å². The average molecular weight is 278 g/mol. The number of alkyl halides is 4. The lowest BCUT2D eigenvalue weighted by molar-refractivity contribution is -0.140. The van der Waals surface area contributed by atoms with E-state index in [2.05, 4.69) is 9.97 Å². The zero-order valence-corrected chi connectivity index (χ0v) is 10.5. The second-order valence-electron chi connectivity index (χ2n) is 4.08. The normalized spacial score (nSPS) is 14.1. The van der Waals surface area contributed by atoms with Crippen molar-refractivity contribution in [2.24, 2.45) is 0 Å². The molecule has 0 bridgehead atoms. The molecule has 0 aromatic carbocycles. The van der Waals surface area contributed by atoms with Gasteiger partial charge in [0.25, 0.3) is 0 Å². The van der Waals surface area contributed by atoms with Gasteiger partial charge in [-0.05, 0) is 26.0 Å². The van der Waals surface area contributed by atoms with Crippen LogP contribution in [0.5, 0.6) is 0 Å². The molecule has 18 heavy (non-hydrogen) atoms. The maximum absolute atomic E-state index is 12.6. The number of rotatable bonds is 2. The van der Waals surface area contributed by atoms with Gasteiger partial charge in [-0.3, -0.25) is 0 Å². The lowest BCUT2D eigenvalue weighted by atomic mass is 10.3. The van der Waals surface area contributed by atoms with Gasteiger partial charge in [-0.25, -0.2) is 9.97 Å². The van der Waals surface area contributed by atoms with Gasteiger partial charge in [0.05, 0.1) is 5.38 Å². The first-order chi connectivity index (χ1) is 8.28. The number of aromatic nitrogens is 3. The first-order valence-electron chi connectivity index (χ1n) is 5.32. The van der Waals surface area contributed by atoms with E-state index >= 15 is 0 Å². The summed E-state index contributed by atoms with van der Waals surface area (Å²) in [4.78, 5) is 8.21. The first kappa shape index (κ1) is 13.1. The standard InChI is InChI=1S/C11H11ClF3N3/c1-6-3-4-8-10(16-6)18(5-11(13,14)15)9(17-8)7(2)12/h3-4,7H,5H2,1-2H3. The molecule has 0 N–H and O–H groups in total. The van der Waals surface area contributed by atoms with Gasteiger partial charge < -0.3 is 4.57 Å². The van der Waals surface area contributed by atoms with Crippen molar-refractivity contribution in [3.05, 3.63) is 23.7 Å². The van der Waals surface area contributed by atoms with Crippen LogP contribution in [-0.2, 0) is 6.54 Å². The van der Waals surface area contributed by atoms with Crippen LogP contribution < -0.4 is 0 Å². The first-order valence-corrected chi connectivity index (χ1v) is 5.76. The highest BCUT2D eigenvalue weighted by Crippen LogP contribution is 2.27. The molecule has 0 aliphatic carbocycles. The number of hydrogen-bond acceptors (Lipinski definition) is 2. The highest BCUT2D eigenvalue weighted by molar-refractivity contribution is 6.20. The van der Waals surface area contributed by atoms with Gasteiger partial charge in [-0.2, -0.15) is 13.2 Å². The molecule has 0 aliphatic rings. The van der Waals surface area contributed by atoms with Gasteiger partial charge in [0, 0.05) is 5.69 Å². The molecule has 2 heterocycles. The maximum atomic E-state index is 12.6. The summed E-state index contributed by atoms with van der Waals surface area (Å²) in [5.41, 5.74) is 1.28. The van der Waals surface area contributed by atoms with Crippen LogP contribution in [0.4, 0.5) is 13.2 Å². The van der Waals surface area contributed by atoms with E-state index in [1.165, 1.54) is 0 Å². The molecule has 2 aromatic heterocycles. The Bertz CT molecular complexity index is 575. The smallest absolute Gasteiger partial charge is 0.302 e. The molecule has 7 heteroatoms. The number of nitrogens with zero attached hydrogens (tertiary/aromatic N) is 3. The van der Waals surface area contributed by atoms with Gasteiger partial charge >= 0.3 is 6.18 Å². The van der Waals surface area contributed by atoms with Crippen molar-refractivity contribution < 1.29 is 13.2 Å². The van der Waals surface area contributed by atoms with E-state index in [1.807, 2.05) is 0 Å². The Morgan fingerprint density at radius 1 is 1.33 bits per heavy atom. The molecule has 0 amide bonds. The fraction of sp³-hybridized carbons (Fsp3) is 0.455. The number of fused-ring (bicyclic) bond motifs is 1. The third-order valence-electron chi connectivity index (χ3n) is 2.45. The molecular formula is C11H11ClF3N3. The third-order valence-corrected chi connectivity index (χ3v) is 2.65. The minimum Gasteiger partial charge on any atom is -0.302 e. The second-order valence-corrected chi connectivity index (χ2v) is 4.74. The minimum absolute atomic E-state index is 0.182. The Morgan fingerprint density at radius 2 is 2.00 bits per heavy atom. The topological polar surface area (TPSA) is 30.7 Å².